The van der Waals surface area contributed by atoms with Crippen LogP contribution >= 0.6 is 0 Å². The van der Waals surface area contributed by atoms with Crippen LogP contribution in [0.25, 0.3) is 11.2 Å². The fourth-order valence-corrected chi connectivity index (χ4v) is 2.45. The lowest BCUT2D eigenvalue weighted by Crippen LogP contribution is -2.18. The molecule has 1 atom stereocenters. The molecule has 1 fully saturated rings. The predicted octanol–water partition coefficient (Wildman–Crippen LogP) is 0.219. The molecule has 0 spiro atoms. The quantitative estimate of drug-likeness (QED) is 0.789. The van der Waals surface area contributed by atoms with Gasteiger partial charge in [0.25, 0.3) is 5.91 Å². The third kappa shape index (κ3) is 1.63. The summed E-state index contributed by atoms with van der Waals surface area (Å²) < 4.78 is 0. The second-order valence-corrected chi connectivity index (χ2v) is 4.55. The van der Waals surface area contributed by atoms with Gasteiger partial charge in [-0.05, 0) is 26.4 Å². The van der Waals surface area contributed by atoms with Crippen molar-refractivity contribution in [1.29, 1.82) is 0 Å². The number of aromatic nitrogens is 4. The Labute approximate surface area is 103 Å². The molecule has 1 aliphatic rings. The van der Waals surface area contributed by atoms with Crippen LogP contribution in [0.3, 0.4) is 0 Å². The van der Waals surface area contributed by atoms with Crippen LogP contribution in [0, 0.1) is 0 Å². The van der Waals surface area contributed by atoms with E-state index in [2.05, 4.69) is 31.9 Å². The summed E-state index contributed by atoms with van der Waals surface area (Å²) in [4.78, 5) is 29.0. The van der Waals surface area contributed by atoms with Crippen molar-refractivity contribution in [1.82, 2.24) is 24.8 Å². The molecule has 3 N–H and O–H groups in total. The Hall–Kier alpha value is -2.02. The molecule has 2 aromatic rings. The zero-order chi connectivity index (χ0) is 12.7. The van der Waals surface area contributed by atoms with Gasteiger partial charge < -0.3 is 10.7 Å². The van der Waals surface area contributed by atoms with Crippen molar-refractivity contribution in [2.45, 2.75) is 18.9 Å². The maximum atomic E-state index is 11.3. The molecule has 7 nitrogen and oxygen atoms in total. The fourth-order valence-electron chi connectivity index (χ4n) is 2.45. The zero-order valence-corrected chi connectivity index (χ0v) is 10.1. The summed E-state index contributed by atoms with van der Waals surface area (Å²) >= 11 is 0. The van der Waals surface area contributed by atoms with E-state index in [0.717, 1.165) is 25.2 Å². The maximum Gasteiger partial charge on any atom is 0.269 e. The van der Waals surface area contributed by atoms with Crippen molar-refractivity contribution in [3.8, 4) is 0 Å². The van der Waals surface area contributed by atoms with Gasteiger partial charge in [-0.15, -0.1) is 0 Å². The summed E-state index contributed by atoms with van der Waals surface area (Å²) in [5.41, 5.74) is 6.50. The number of nitrogens with one attached hydrogen (secondary N) is 1. The van der Waals surface area contributed by atoms with Gasteiger partial charge in [0, 0.05) is 0 Å². The van der Waals surface area contributed by atoms with Gasteiger partial charge in [-0.25, -0.2) is 15.0 Å². The summed E-state index contributed by atoms with van der Waals surface area (Å²) in [6.07, 6.45) is 3.51. The third-order valence-corrected chi connectivity index (χ3v) is 3.38. The zero-order valence-electron chi connectivity index (χ0n) is 10.1. The summed E-state index contributed by atoms with van der Waals surface area (Å²) in [6.45, 7) is 1.05. The summed E-state index contributed by atoms with van der Waals surface area (Å²) in [7, 11) is 2.06. The number of primary amides is 1. The minimum absolute atomic E-state index is 0.194. The van der Waals surface area contributed by atoms with E-state index in [9.17, 15) is 4.79 Å². The molecule has 1 aliphatic heterocycles. The molecule has 94 valence electrons. The summed E-state index contributed by atoms with van der Waals surface area (Å²) in [5, 5.41) is 0. The van der Waals surface area contributed by atoms with Gasteiger partial charge in [-0.1, -0.05) is 0 Å². The number of hydrogen-bond donors (Lipinski definition) is 2. The number of nitrogens with two attached hydrogens (primary N) is 1. The number of rotatable bonds is 2. The Morgan fingerprint density at radius 1 is 1.56 bits per heavy atom. The number of nitrogens with zero attached hydrogens (tertiary/aromatic N) is 4. The van der Waals surface area contributed by atoms with Gasteiger partial charge in [0.05, 0.1) is 6.04 Å². The minimum atomic E-state index is -0.572. The summed E-state index contributed by atoms with van der Waals surface area (Å²) in [6, 6.07) is 0.250. The molecule has 0 bridgehead atoms. The number of amides is 1. The van der Waals surface area contributed by atoms with Crippen LogP contribution in [0.15, 0.2) is 6.33 Å². The molecule has 1 amide bonds. The average Bonchev–Trinajstić information content (AvgIpc) is 2.92. The molecule has 1 saturated heterocycles. The van der Waals surface area contributed by atoms with Gasteiger partial charge in [0.15, 0.2) is 11.3 Å². The molecule has 18 heavy (non-hydrogen) atoms. The topological polar surface area (TPSA) is 101 Å². The number of carbonyl (C=O) groups excluding carboxylic acids is 1. The summed E-state index contributed by atoms with van der Waals surface area (Å²) in [5.74, 6) is 0.255. The van der Waals surface area contributed by atoms with E-state index in [0.29, 0.717) is 11.2 Å². The molecule has 3 rings (SSSR count). The molecular formula is C11H14N6O. The molecule has 0 radical (unpaired) electrons. The van der Waals surface area contributed by atoms with E-state index < -0.39 is 5.91 Å². The van der Waals surface area contributed by atoms with E-state index in [-0.39, 0.29) is 11.7 Å². The highest BCUT2D eigenvalue weighted by Crippen LogP contribution is 2.29. The number of imidazole rings is 1. The molecule has 7 heteroatoms. The Morgan fingerprint density at radius 3 is 3.06 bits per heavy atom. The second-order valence-electron chi connectivity index (χ2n) is 4.55. The van der Waals surface area contributed by atoms with E-state index in [1.54, 1.807) is 0 Å². The van der Waals surface area contributed by atoms with Crippen LogP contribution in [-0.4, -0.2) is 44.3 Å². The van der Waals surface area contributed by atoms with Crippen molar-refractivity contribution in [2.24, 2.45) is 5.73 Å². The number of fused-ring (bicyclic) bond motifs is 1. The van der Waals surface area contributed by atoms with Crippen molar-refractivity contribution in [3.63, 3.8) is 0 Å². The standard InChI is InChI=1S/C11H14N6O/c1-17-4-2-3-6(17)10-15-8-7(9(12)18)13-5-14-11(8)16-10/h5-6H,2-4H2,1H3,(H2,12,18)(H,13,14,15,16). The normalized spacial score (nSPS) is 20.6. The average molecular weight is 246 g/mol. The lowest BCUT2D eigenvalue weighted by Gasteiger charge is -2.16. The van der Waals surface area contributed by atoms with Crippen LogP contribution in [0.2, 0.25) is 0 Å². The first-order valence-electron chi connectivity index (χ1n) is 5.87. The monoisotopic (exact) mass is 246 g/mol. The second kappa shape index (κ2) is 4.02. The maximum absolute atomic E-state index is 11.3. The van der Waals surface area contributed by atoms with Gasteiger partial charge in [0.1, 0.15) is 17.7 Å². The van der Waals surface area contributed by atoms with E-state index in [4.69, 9.17) is 5.73 Å². The highest BCUT2D eigenvalue weighted by Gasteiger charge is 2.26. The van der Waals surface area contributed by atoms with Crippen LogP contribution in [0.4, 0.5) is 0 Å². The van der Waals surface area contributed by atoms with Crippen LogP contribution in [0.5, 0.6) is 0 Å². The van der Waals surface area contributed by atoms with Crippen molar-refractivity contribution < 1.29 is 4.79 Å². The van der Waals surface area contributed by atoms with Crippen molar-refractivity contribution in [2.75, 3.05) is 13.6 Å². The Kier molecular flexibility index (Phi) is 2.48. The molecular weight excluding hydrogens is 232 g/mol. The number of hydrogen-bond acceptors (Lipinski definition) is 5. The lowest BCUT2D eigenvalue weighted by molar-refractivity contribution is 0.0997. The third-order valence-electron chi connectivity index (χ3n) is 3.38. The highest BCUT2D eigenvalue weighted by atomic mass is 16.1. The molecule has 0 aromatic carbocycles. The molecule has 2 aromatic heterocycles. The van der Waals surface area contributed by atoms with Gasteiger partial charge in [-0.2, -0.15) is 0 Å². The molecule has 0 aliphatic carbocycles. The fraction of sp³-hybridized carbons (Fsp3) is 0.455. The first-order chi connectivity index (χ1) is 8.66. The highest BCUT2D eigenvalue weighted by molar-refractivity contribution is 6.01. The van der Waals surface area contributed by atoms with Crippen LogP contribution in [-0.2, 0) is 0 Å². The van der Waals surface area contributed by atoms with Gasteiger partial charge in [0.2, 0.25) is 0 Å². The van der Waals surface area contributed by atoms with Crippen LogP contribution in [0.1, 0.15) is 35.2 Å². The van der Waals surface area contributed by atoms with Crippen molar-refractivity contribution in [3.05, 3.63) is 17.8 Å². The van der Waals surface area contributed by atoms with E-state index >= 15 is 0 Å². The minimum Gasteiger partial charge on any atom is -0.364 e. The Morgan fingerprint density at radius 2 is 2.39 bits per heavy atom. The Bertz CT molecular complexity index is 607. The number of H-pyrrole nitrogens is 1. The molecule has 0 saturated carbocycles. The number of aromatic amines is 1. The Balaban J connectivity index is 2.11. The van der Waals surface area contributed by atoms with Crippen molar-refractivity contribution >= 4 is 17.1 Å². The lowest BCUT2D eigenvalue weighted by atomic mass is 10.2. The van der Waals surface area contributed by atoms with Crippen LogP contribution < -0.4 is 5.73 Å². The smallest absolute Gasteiger partial charge is 0.269 e. The van der Waals surface area contributed by atoms with Gasteiger partial charge in [-0.3, -0.25) is 9.69 Å². The van der Waals surface area contributed by atoms with Gasteiger partial charge >= 0.3 is 0 Å². The predicted molar refractivity (Wildman–Crippen MR) is 64.8 cm³/mol. The van der Waals surface area contributed by atoms with E-state index in [1.807, 2.05) is 0 Å². The van der Waals surface area contributed by atoms with E-state index in [1.165, 1.54) is 6.33 Å². The first kappa shape index (κ1) is 11.1. The largest absolute Gasteiger partial charge is 0.364 e. The SMILES string of the molecule is CN1CCCC1c1nc2ncnc(C(N)=O)c2[nH]1. The number of carbonyl (C=O) groups is 1. The molecule has 1 unspecified atom stereocenters. The molecule has 3 heterocycles. The first-order valence-corrected chi connectivity index (χ1v) is 5.87. The number of likely N-dealkylation sites (tertiary alicyclic amines) is 1.